The Bertz CT molecular complexity index is 494. The molecule has 19 heavy (non-hydrogen) atoms. The third-order valence-electron chi connectivity index (χ3n) is 2.57. The van der Waals surface area contributed by atoms with Gasteiger partial charge in [0.25, 0.3) is 0 Å². The number of nitrogens with zero attached hydrogens (tertiary/aromatic N) is 4. The molecule has 0 radical (unpaired) electrons. The van der Waals surface area contributed by atoms with Crippen molar-refractivity contribution in [2.24, 2.45) is 5.92 Å². The van der Waals surface area contributed by atoms with E-state index < -0.39 is 4.92 Å². The number of nitro groups is 1. The zero-order valence-corrected chi connectivity index (χ0v) is 11.5. The van der Waals surface area contributed by atoms with Gasteiger partial charge >= 0.3 is 5.69 Å². The number of hydrogen-bond acceptors (Lipinski definition) is 5. The predicted octanol–water partition coefficient (Wildman–Crippen LogP) is 2.67. The Balaban J connectivity index is 3.15. The van der Waals surface area contributed by atoms with E-state index >= 15 is 0 Å². The fourth-order valence-corrected chi connectivity index (χ4v) is 1.82. The minimum atomic E-state index is -0.429. The minimum absolute atomic E-state index is 0.0100. The van der Waals surface area contributed by atoms with Crippen LogP contribution in [0.15, 0.2) is 12.1 Å². The van der Waals surface area contributed by atoms with E-state index in [1.54, 1.807) is 13.0 Å². The summed E-state index contributed by atoms with van der Waals surface area (Å²) in [6, 6.07) is 5.16. The highest BCUT2D eigenvalue weighted by molar-refractivity contribution is 5.58. The lowest BCUT2D eigenvalue weighted by atomic mass is 10.2. The first kappa shape index (κ1) is 14.9. The minimum Gasteiger partial charge on any atom is -0.350 e. The molecule has 0 spiro atoms. The highest BCUT2D eigenvalue weighted by Crippen LogP contribution is 2.26. The summed E-state index contributed by atoms with van der Waals surface area (Å²) in [6.07, 6.45) is 0.319. The molecule has 0 aliphatic rings. The summed E-state index contributed by atoms with van der Waals surface area (Å²) in [5.74, 6) is 0.689. The molecule has 0 aliphatic carbocycles. The molecule has 0 aliphatic heterocycles. The van der Waals surface area contributed by atoms with Crippen molar-refractivity contribution in [2.45, 2.75) is 27.2 Å². The monoisotopic (exact) mass is 262 g/mol. The molecule has 102 valence electrons. The van der Waals surface area contributed by atoms with Crippen LogP contribution in [0.3, 0.4) is 0 Å². The Kier molecular flexibility index (Phi) is 5.24. The summed E-state index contributed by atoms with van der Waals surface area (Å²) in [6.45, 7) is 6.94. The van der Waals surface area contributed by atoms with Crippen LogP contribution in [0, 0.1) is 34.3 Å². The third-order valence-corrected chi connectivity index (χ3v) is 2.57. The van der Waals surface area contributed by atoms with Crippen molar-refractivity contribution in [1.29, 1.82) is 5.26 Å². The van der Waals surface area contributed by atoms with E-state index in [-0.39, 0.29) is 5.69 Å². The van der Waals surface area contributed by atoms with Gasteiger partial charge in [0.05, 0.1) is 17.4 Å². The number of anilines is 1. The second kappa shape index (κ2) is 6.69. The van der Waals surface area contributed by atoms with Crippen molar-refractivity contribution >= 4 is 11.5 Å². The maximum absolute atomic E-state index is 11.1. The maximum atomic E-state index is 11.1. The molecular formula is C13H18N4O2. The molecule has 0 fully saturated rings. The molecule has 0 bridgehead atoms. The molecule has 1 rings (SSSR count). The normalized spacial score (nSPS) is 10.3. The Labute approximate surface area is 112 Å². The zero-order valence-electron chi connectivity index (χ0n) is 11.5. The van der Waals surface area contributed by atoms with Gasteiger partial charge in [-0.1, -0.05) is 13.8 Å². The van der Waals surface area contributed by atoms with Gasteiger partial charge in [-0.2, -0.15) is 5.26 Å². The van der Waals surface area contributed by atoms with Crippen LogP contribution in [0.5, 0.6) is 0 Å². The molecule has 0 unspecified atom stereocenters. The van der Waals surface area contributed by atoms with Gasteiger partial charge in [0.2, 0.25) is 5.82 Å². The summed E-state index contributed by atoms with van der Waals surface area (Å²) in [5, 5.41) is 19.8. The highest BCUT2D eigenvalue weighted by atomic mass is 16.6. The number of pyridine rings is 1. The maximum Gasteiger partial charge on any atom is 0.311 e. The van der Waals surface area contributed by atoms with Crippen molar-refractivity contribution in [3.8, 4) is 6.07 Å². The van der Waals surface area contributed by atoms with Crippen molar-refractivity contribution in [3.63, 3.8) is 0 Å². The summed E-state index contributed by atoms with van der Waals surface area (Å²) in [4.78, 5) is 16.7. The average molecular weight is 262 g/mol. The van der Waals surface area contributed by atoms with Crippen molar-refractivity contribution in [1.82, 2.24) is 4.98 Å². The fourth-order valence-electron chi connectivity index (χ4n) is 1.82. The Morgan fingerprint density at radius 3 is 2.74 bits per heavy atom. The molecular weight excluding hydrogens is 244 g/mol. The molecule has 1 heterocycles. The summed E-state index contributed by atoms with van der Waals surface area (Å²) < 4.78 is 0. The molecule has 1 aromatic rings. The van der Waals surface area contributed by atoms with Gasteiger partial charge < -0.3 is 4.90 Å². The van der Waals surface area contributed by atoms with E-state index in [2.05, 4.69) is 11.1 Å². The van der Waals surface area contributed by atoms with E-state index in [0.29, 0.717) is 31.2 Å². The molecule has 0 N–H and O–H groups in total. The van der Waals surface area contributed by atoms with Crippen LogP contribution >= 0.6 is 0 Å². The average Bonchev–Trinajstić information content (AvgIpc) is 2.33. The zero-order chi connectivity index (χ0) is 14.4. The quantitative estimate of drug-likeness (QED) is 0.581. The van der Waals surface area contributed by atoms with Crippen LogP contribution in [0.25, 0.3) is 0 Å². The summed E-state index contributed by atoms with van der Waals surface area (Å²) >= 11 is 0. The van der Waals surface area contributed by atoms with Crippen molar-refractivity contribution < 1.29 is 4.92 Å². The van der Waals surface area contributed by atoms with Gasteiger partial charge in [0, 0.05) is 24.8 Å². The Hall–Kier alpha value is -2.16. The SMILES string of the molecule is Cc1ccc([N+](=O)[O-])c(N(CCC#N)CC(C)C)n1. The first-order valence-electron chi connectivity index (χ1n) is 6.19. The molecule has 0 atom stereocenters. The third kappa shape index (κ3) is 4.21. The lowest BCUT2D eigenvalue weighted by Crippen LogP contribution is -2.30. The smallest absolute Gasteiger partial charge is 0.311 e. The van der Waals surface area contributed by atoms with E-state index in [9.17, 15) is 10.1 Å². The molecule has 6 nitrogen and oxygen atoms in total. The molecule has 0 amide bonds. The number of nitriles is 1. The van der Waals surface area contributed by atoms with Gasteiger partial charge in [-0.15, -0.1) is 0 Å². The molecule has 0 saturated carbocycles. The first-order chi connectivity index (χ1) is 8.95. The summed E-state index contributed by atoms with van der Waals surface area (Å²) in [7, 11) is 0. The van der Waals surface area contributed by atoms with Crippen LogP contribution in [-0.4, -0.2) is 23.0 Å². The van der Waals surface area contributed by atoms with Crippen LogP contribution in [0.4, 0.5) is 11.5 Å². The van der Waals surface area contributed by atoms with E-state index in [0.717, 1.165) is 5.69 Å². The van der Waals surface area contributed by atoms with E-state index in [4.69, 9.17) is 5.26 Å². The van der Waals surface area contributed by atoms with Crippen LogP contribution < -0.4 is 4.90 Å². The molecule has 6 heteroatoms. The number of hydrogen-bond donors (Lipinski definition) is 0. The van der Waals surface area contributed by atoms with E-state index in [1.807, 2.05) is 18.7 Å². The number of aromatic nitrogens is 1. The van der Waals surface area contributed by atoms with Crippen molar-refractivity contribution in [2.75, 3.05) is 18.0 Å². The largest absolute Gasteiger partial charge is 0.350 e. The predicted molar refractivity (Wildman–Crippen MR) is 72.9 cm³/mol. The second-order valence-electron chi connectivity index (χ2n) is 4.80. The second-order valence-corrected chi connectivity index (χ2v) is 4.80. The number of rotatable bonds is 6. The van der Waals surface area contributed by atoms with Crippen LogP contribution in [0.2, 0.25) is 0 Å². The Morgan fingerprint density at radius 1 is 1.53 bits per heavy atom. The van der Waals surface area contributed by atoms with Gasteiger partial charge in [-0.05, 0) is 18.9 Å². The number of aryl methyl sites for hydroxylation is 1. The fraction of sp³-hybridized carbons (Fsp3) is 0.538. The van der Waals surface area contributed by atoms with Gasteiger partial charge in [-0.25, -0.2) is 4.98 Å². The molecule has 0 aromatic carbocycles. The van der Waals surface area contributed by atoms with E-state index in [1.165, 1.54) is 6.07 Å². The van der Waals surface area contributed by atoms with Crippen molar-refractivity contribution in [3.05, 3.63) is 27.9 Å². The topological polar surface area (TPSA) is 83.1 Å². The summed E-state index contributed by atoms with van der Waals surface area (Å²) in [5.41, 5.74) is 0.718. The standard InChI is InChI=1S/C13H18N4O2/c1-10(2)9-16(8-4-7-14)13-12(17(18)19)6-5-11(3)15-13/h5-6,10H,4,8-9H2,1-3H3. The highest BCUT2D eigenvalue weighted by Gasteiger charge is 2.21. The van der Waals surface area contributed by atoms with Gasteiger partial charge in [0.1, 0.15) is 0 Å². The van der Waals surface area contributed by atoms with Gasteiger partial charge in [0.15, 0.2) is 0 Å². The molecule has 0 saturated heterocycles. The van der Waals surface area contributed by atoms with Crippen LogP contribution in [-0.2, 0) is 0 Å². The van der Waals surface area contributed by atoms with Gasteiger partial charge in [-0.3, -0.25) is 10.1 Å². The lowest BCUT2D eigenvalue weighted by molar-refractivity contribution is -0.384. The molecule has 1 aromatic heterocycles. The lowest BCUT2D eigenvalue weighted by Gasteiger charge is -2.24. The first-order valence-corrected chi connectivity index (χ1v) is 6.19. The van der Waals surface area contributed by atoms with Crippen LogP contribution in [0.1, 0.15) is 26.0 Å². The Morgan fingerprint density at radius 2 is 2.21 bits per heavy atom.